The summed E-state index contributed by atoms with van der Waals surface area (Å²) in [6.45, 7) is 4.64. The van der Waals surface area contributed by atoms with Gasteiger partial charge in [-0.15, -0.1) is 23.2 Å². The maximum Gasteiger partial charge on any atom is 0.0690 e. The van der Waals surface area contributed by atoms with E-state index in [1.807, 2.05) is 0 Å². The Balaban J connectivity index is 1.71. The zero-order valence-electron chi connectivity index (χ0n) is 14.3. The molecular weight excluding hydrogens is 331 g/mol. The fourth-order valence-corrected chi connectivity index (χ4v) is 8.18. The summed E-state index contributed by atoms with van der Waals surface area (Å²) in [4.78, 5) is -0.474. The molecule has 0 unspecified atom stereocenters. The number of hydrogen-bond donors (Lipinski definition) is 2. The molecule has 4 rings (SSSR count). The summed E-state index contributed by atoms with van der Waals surface area (Å²) in [6, 6.07) is 0. The minimum atomic E-state index is -0.474. The molecule has 0 amide bonds. The third-order valence-corrected chi connectivity index (χ3v) is 10.2. The van der Waals surface area contributed by atoms with Crippen molar-refractivity contribution in [2.45, 2.75) is 87.7 Å². The molecule has 4 fully saturated rings. The number of hydrogen-bond acceptors (Lipinski definition) is 2. The molecule has 0 saturated heterocycles. The van der Waals surface area contributed by atoms with Crippen molar-refractivity contribution in [2.24, 2.45) is 28.6 Å². The van der Waals surface area contributed by atoms with Crippen molar-refractivity contribution in [2.75, 3.05) is 0 Å². The Morgan fingerprint density at radius 1 is 0.957 bits per heavy atom. The summed E-state index contributed by atoms with van der Waals surface area (Å²) < 4.78 is 0. The van der Waals surface area contributed by atoms with E-state index in [1.165, 1.54) is 0 Å². The molecule has 0 aromatic heterocycles. The van der Waals surface area contributed by atoms with Crippen LogP contribution in [0, 0.1) is 28.6 Å². The van der Waals surface area contributed by atoms with E-state index in [1.54, 1.807) is 0 Å². The average Bonchev–Trinajstić information content (AvgIpc) is 2.79. The summed E-state index contributed by atoms with van der Waals surface area (Å²) >= 11 is 14.0. The first-order valence-corrected chi connectivity index (χ1v) is 10.2. The van der Waals surface area contributed by atoms with Crippen LogP contribution in [0.1, 0.15) is 65.2 Å². The summed E-state index contributed by atoms with van der Waals surface area (Å²) in [7, 11) is 0. The molecule has 0 bridgehead atoms. The molecule has 4 saturated carbocycles. The van der Waals surface area contributed by atoms with Crippen LogP contribution in [0.2, 0.25) is 0 Å². The SMILES string of the molecule is C[C@]12CC[C@@H]3[C@@H](C[C@@H](Cl)[C@@]4(Cl)C[C@@H](O)CC[C@]34C)[C@H]1CC[C@@H]2O. The van der Waals surface area contributed by atoms with Crippen molar-refractivity contribution in [3.63, 3.8) is 0 Å². The van der Waals surface area contributed by atoms with E-state index in [0.717, 1.165) is 44.9 Å². The molecule has 132 valence electrons. The summed E-state index contributed by atoms with van der Waals surface area (Å²) in [5.74, 6) is 1.76. The Kier molecular flexibility index (Phi) is 3.87. The van der Waals surface area contributed by atoms with Gasteiger partial charge < -0.3 is 10.2 Å². The Morgan fingerprint density at radius 3 is 2.43 bits per heavy atom. The van der Waals surface area contributed by atoms with E-state index in [-0.39, 0.29) is 28.4 Å². The number of aliphatic hydroxyl groups is 2. The molecule has 0 heterocycles. The highest BCUT2D eigenvalue weighted by Crippen LogP contribution is 2.69. The van der Waals surface area contributed by atoms with E-state index < -0.39 is 4.87 Å². The molecule has 0 radical (unpaired) electrons. The smallest absolute Gasteiger partial charge is 0.0690 e. The third-order valence-electron chi connectivity index (χ3n) is 8.66. The normalized spacial score (nSPS) is 62.3. The maximum absolute atomic E-state index is 10.5. The fourth-order valence-electron chi connectivity index (χ4n) is 7.14. The van der Waals surface area contributed by atoms with Crippen LogP contribution in [0.4, 0.5) is 0 Å². The van der Waals surface area contributed by atoms with Crippen LogP contribution < -0.4 is 0 Å². The highest BCUT2D eigenvalue weighted by atomic mass is 35.5. The van der Waals surface area contributed by atoms with Crippen molar-refractivity contribution in [3.8, 4) is 0 Å². The van der Waals surface area contributed by atoms with Crippen LogP contribution in [0.5, 0.6) is 0 Å². The second-order valence-corrected chi connectivity index (χ2v) is 10.6. The van der Waals surface area contributed by atoms with E-state index in [9.17, 15) is 10.2 Å². The quantitative estimate of drug-likeness (QED) is 0.631. The number of rotatable bonds is 0. The molecule has 9 atom stereocenters. The fraction of sp³-hybridized carbons (Fsp3) is 1.00. The predicted molar refractivity (Wildman–Crippen MR) is 93.9 cm³/mol. The van der Waals surface area contributed by atoms with Gasteiger partial charge in [-0.1, -0.05) is 13.8 Å². The van der Waals surface area contributed by atoms with Gasteiger partial charge in [0.2, 0.25) is 0 Å². The van der Waals surface area contributed by atoms with Crippen molar-refractivity contribution in [1.29, 1.82) is 0 Å². The van der Waals surface area contributed by atoms with E-state index >= 15 is 0 Å². The monoisotopic (exact) mass is 360 g/mol. The van der Waals surface area contributed by atoms with Crippen LogP contribution >= 0.6 is 23.2 Å². The molecule has 4 heteroatoms. The van der Waals surface area contributed by atoms with Crippen LogP contribution in [0.25, 0.3) is 0 Å². The lowest BCUT2D eigenvalue weighted by Gasteiger charge is -2.65. The summed E-state index contributed by atoms with van der Waals surface area (Å²) in [5, 5.41) is 20.6. The average molecular weight is 361 g/mol. The van der Waals surface area contributed by atoms with Crippen LogP contribution in [-0.4, -0.2) is 32.7 Å². The lowest BCUT2D eigenvalue weighted by Crippen LogP contribution is -2.65. The number of alkyl halides is 2. The predicted octanol–water partition coefficient (Wildman–Crippen LogP) is 4.33. The minimum absolute atomic E-state index is 0.0119. The second kappa shape index (κ2) is 5.25. The molecular formula is C19H30Cl2O2. The van der Waals surface area contributed by atoms with E-state index in [4.69, 9.17) is 23.2 Å². The lowest BCUT2D eigenvalue weighted by molar-refractivity contribution is -0.122. The number of aliphatic hydroxyl groups excluding tert-OH is 2. The van der Waals surface area contributed by atoms with Gasteiger partial charge in [0, 0.05) is 0 Å². The highest BCUT2D eigenvalue weighted by molar-refractivity contribution is 6.33. The van der Waals surface area contributed by atoms with Gasteiger partial charge >= 0.3 is 0 Å². The Bertz CT molecular complexity index is 500. The van der Waals surface area contributed by atoms with Crippen LogP contribution in [0.15, 0.2) is 0 Å². The first-order valence-electron chi connectivity index (χ1n) is 9.41. The molecule has 0 spiro atoms. The van der Waals surface area contributed by atoms with Crippen molar-refractivity contribution in [1.82, 2.24) is 0 Å². The lowest BCUT2D eigenvalue weighted by atomic mass is 9.44. The first-order chi connectivity index (χ1) is 10.7. The molecule has 0 aromatic rings. The largest absolute Gasteiger partial charge is 0.393 e. The van der Waals surface area contributed by atoms with Crippen molar-refractivity contribution in [3.05, 3.63) is 0 Å². The van der Waals surface area contributed by atoms with Crippen LogP contribution in [-0.2, 0) is 0 Å². The van der Waals surface area contributed by atoms with Gasteiger partial charge in [-0.2, -0.15) is 0 Å². The Morgan fingerprint density at radius 2 is 1.70 bits per heavy atom. The number of fused-ring (bicyclic) bond motifs is 5. The molecule has 0 aromatic carbocycles. The van der Waals surface area contributed by atoms with Gasteiger partial charge in [-0.25, -0.2) is 0 Å². The second-order valence-electron chi connectivity index (χ2n) is 9.39. The Hall–Kier alpha value is 0.500. The highest BCUT2D eigenvalue weighted by Gasteiger charge is 2.67. The molecule has 0 aliphatic heterocycles. The zero-order chi connectivity index (χ0) is 16.6. The summed E-state index contributed by atoms with van der Waals surface area (Å²) in [5.41, 5.74) is 0.0899. The standard InChI is InChI=1S/C19H30Cl2O2/c1-17-7-6-14-12(13(17)3-4-16(17)23)9-15(20)19(21)10-11(22)5-8-18(14,19)2/h11-16,22-23H,3-10H2,1-2H3/t11-,12-,13+,14+,15+,16-,17-,18+,19-/m0/s1. The van der Waals surface area contributed by atoms with Gasteiger partial charge in [-0.3, -0.25) is 0 Å². The minimum Gasteiger partial charge on any atom is -0.393 e. The van der Waals surface area contributed by atoms with Gasteiger partial charge in [0.25, 0.3) is 0 Å². The van der Waals surface area contributed by atoms with E-state index in [0.29, 0.717) is 24.2 Å². The molecule has 4 aliphatic rings. The number of halogens is 2. The maximum atomic E-state index is 10.5. The zero-order valence-corrected chi connectivity index (χ0v) is 15.8. The topological polar surface area (TPSA) is 40.5 Å². The molecule has 2 N–H and O–H groups in total. The van der Waals surface area contributed by atoms with Gasteiger partial charge in [0.15, 0.2) is 0 Å². The van der Waals surface area contributed by atoms with Gasteiger partial charge in [-0.05, 0) is 80.0 Å². The third kappa shape index (κ3) is 2.08. The van der Waals surface area contributed by atoms with Crippen molar-refractivity contribution >= 4 is 23.2 Å². The molecule has 2 nitrogen and oxygen atoms in total. The first kappa shape index (κ1) is 16.9. The van der Waals surface area contributed by atoms with Crippen molar-refractivity contribution < 1.29 is 10.2 Å². The van der Waals surface area contributed by atoms with Crippen LogP contribution in [0.3, 0.4) is 0 Å². The Labute approximate surface area is 149 Å². The van der Waals surface area contributed by atoms with Gasteiger partial charge in [0.05, 0.1) is 22.5 Å². The van der Waals surface area contributed by atoms with Gasteiger partial charge in [0.1, 0.15) is 0 Å². The van der Waals surface area contributed by atoms with E-state index in [2.05, 4.69) is 13.8 Å². The molecule has 23 heavy (non-hydrogen) atoms. The molecule has 4 aliphatic carbocycles. The summed E-state index contributed by atoms with van der Waals surface area (Å²) in [6.07, 6.45) is 7.30.